The molecule has 0 aliphatic heterocycles. The van der Waals surface area contributed by atoms with Gasteiger partial charge in [-0.15, -0.1) is 0 Å². The maximum absolute atomic E-state index is 11.4. The molecule has 0 unspecified atom stereocenters. The number of carbonyl (C=O) groups excluding carboxylic acids is 1. The number of hydrogen-bond acceptors (Lipinski definition) is 3. The molecule has 1 aromatic carbocycles. The van der Waals surface area contributed by atoms with Gasteiger partial charge in [0.05, 0.1) is 14.2 Å². The van der Waals surface area contributed by atoms with Crippen molar-refractivity contribution < 1.29 is 14.3 Å². The highest BCUT2D eigenvalue weighted by atomic mass is 16.5. The summed E-state index contributed by atoms with van der Waals surface area (Å²) >= 11 is 0. The highest BCUT2D eigenvalue weighted by Crippen LogP contribution is 2.31. The lowest BCUT2D eigenvalue weighted by Crippen LogP contribution is -2.02. The van der Waals surface area contributed by atoms with Crippen molar-refractivity contribution in [1.29, 1.82) is 0 Å². The molecule has 1 aliphatic rings. The average Bonchev–Trinajstić information content (AvgIpc) is 2.38. The van der Waals surface area contributed by atoms with E-state index in [0.29, 0.717) is 6.42 Å². The standard InChI is InChI=1S/C14H16O3/c1-16-13-7-11(8-14(9-13)17-2)10-4-3-5-12(15)6-10/h6-9H,3-5H2,1-2H3. The van der Waals surface area contributed by atoms with E-state index in [-0.39, 0.29) is 5.78 Å². The van der Waals surface area contributed by atoms with Gasteiger partial charge >= 0.3 is 0 Å². The Bertz CT molecular complexity index is 438. The van der Waals surface area contributed by atoms with Crippen LogP contribution in [0.3, 0.4) is 0 Å². The molecule has 17 heavy (non-hydrogen) atoms. The summed E-state index contributed by atoms with van der Waals surface area (Å²) in [5.41, 5.74) is 2.08. The van der Waals surface area contributed by atoms with E-state index in [1.807, 2.05) is 18.2 Å². The Morgan fingerprint density at radius 2 is 1.65 bits per heavy atom. The first-order chi connectivity index (χ1) is 8.22. The van der Waals surface area contributed by atoms with Crippen molar-refractivity contribution in [3.05, 3.63) is 29.8 Å². The molecule has 1 aromatic rings. The first kappa shape index (κ1) is 11.7. The predicted molar refractivity (Wildman–Crippen MR) is 66.4 cm³/mol. The number of hydrogen-bond donors (Lipinski definition) is 0. The molecule has 3 nitrogen and oxygen atoms in total. The molecule has 0 aromatic heterocycles. The fourth-order valence-corrected chi connectivity index (χ4v) is 2.01. The summed E-state index contributed by atoms with van der Waals surface area (Å²) in [6.45, 7) is 0. The van der Waals surface area contributed by atoms with Crippen molar-refractivity contribution in [1.82, 2.24) is 0 Å². The number of benzene rings is 1. The molecular formula is C14H16O3. The summed E-state index contributed by atoms with van der Waals surface area (Å²) < 4.78 is 10.4. The normalized spacial score (nSPS) is 15.4. The monoisotopic (exact) mass is 232 g/mol. The summed E-state index contributed by atoms with van der Waals surface area (Å²) in [7, 11) is 3.25. The number of ketones is 1. The minimum absolute atomic E-state index is 0.202. The molecule has 1 aliphatic carbocycles. The fraction of sp³-hybridized carbons (Fsp3) is 0.357. The Balaban J connectivity index is 2.40. The maximum Gasteiger partial charge on any atom is 0.155 e. The number of rotatable bonds is 3. The minimum atomic E-state index is 0.202. The van der Waals surface area contributed by atoms with Crippen LogP contribution in [0, 0.1) is 0 Å². The van der Waals surface area contributed by atoms with Crippen molar-refractivity contribution in [2.24, 2.45) is 0 Å². The second-order valence-corrected chi connectivity index (χ2v) is 4.09. The van der Waals surface area contributed by atoms with Crippen LogP contribution < -0.4 is 9.47 Å². The molecule has 0 saturated carbocycles. The molecule has 0 saturated heterocycles. The first-order valence-corrected chi connectivity index (χ1v) is 5.70. The van der Waals surface area contributed by atoms with Gasteiger partial charge in [0.15, 0.2) is 5.78 Å². The van der Waals surface area contributed by atoms with Gasteiger partial charge in [-0.25, -0.2) is 0 Å². The van der Waals surface area contributed by atoms with Crippen LogP contribution in [0.4, 0.5) is 0 Å². The lowest BCUT2D eigenvalue weighted by atomic mass is 9.93. The van der Waals surface area contributed by atoms with Gasteiger partial charge in [0.2, 0.25) is 0 Å². The van der Waals surface area contributed by atoms with Gasteiger partial charge in [0.25, 0.3) is 0 Å². The van der Waals surface area contributed by atoms with Crippen molar-refractivity contribution in [2.75, 3.05) is 14.2 Å². The van der Waals surface area contributed by atoms with E-state index >= 15 is 0 Å². The zero-order valence-electron chi connectivity index (χ0n) is 10.2. The lowest BCUT2D eigenvalue weighted by molar-refractivity contribution is -0.114. The van der Waals surface area contributed by atoms with Crippen LogP contribution in [-0.2, 0) is 4.79 Å². The average molecular weight is 232 g/mol. The van der Waals surface area contributed by atoms with E-state index in [1.165, 1.54) is 0 Å². The molecule has 0 radical (unpaired) electrons. The zero-order chi connectivity index (χ0) is 12.3. The van der Waals surface area contributed by atoms with Gasteiger partial charge in [-0.3, -0.25) is 4.79 Å². The van der Waals surface area contributed by atoms with E-state index in [2.05, 4.69) is 0 Å². The SMILES string of the molecule is COc1cc(OC)cc(C2=CC(=O)CCC2)c1. The van der Waals surface area contributed by atoms with Crippen LogP contribution in [-0.4, -0.2) is 20.0 Å². The number of methoxy groups -OCH3 is 2. The predicted octanol–water partition coefficient (Wildman–Crippen LogP) is 2.84. The Hall–Kier alpha value is -1.77. The molecule has 0 fully saturated rings. The van der Waals surface area contributed by atoms with Gasteiger partial charge in [0.1, 0.15) is 11.5 Å². The Kier molecular flexibility index (Phi) is 3.47. The van der Waals surface area contributed by atoms with Crippen LogP contribution in [0.25, 0.3) is 5.57 Å². The third kappa shape index (κ3) is 2.67. The molecule has 3 heteroatoms. The summed E-state index contributed by atoms with van der Waals surface area (Å²) in [6.07, 6.45) is 4.24. The second-order valence-electron chi connectivity index (χ2n) is 4.09. The molecule has 90 valence electrons. The molecule has 0 bridgehead atoms. The Labute approximate surface area is 101 Å². The maximum atomic E-state index is 11.4. The van der Waals surface area contributed by atoms with Crippen LogP contribution in [0.15, 0.2) is 24.3 Å². The van der Waals surface area contributed by atoms with Crippen LogP contribution >= 0.6 is 0 Å². The van der Waals surface area contributed by atoms with E-state index in [9.17, 15) is 4.79 Å². The van der Waals surface area contributed by atoms with E-state index < -0.39 is 0 Å². The molecule has 2 rings (SSSR count). The van der Waals surface area contributed by atoms with Gasteiger partial charge < -0.3 is 9.47 Å². The minimum Gasteiger partial charge on any atom is -0.497 e. The Morgan fingerprint density at radius 3 is 2.18 bits per heavy atom. The molecule has 0 spiro atoms. The first-order valence-electron chi connectivity index (χ1n) is 5.70. The summed E-state index contributed by atoms with van der Waals surface area (Å²) in [6, 6.07) is 5.70. The van der Waals surface area contributed by atoms with Crippen molar-refractivity contribution in [3.8, 4) is 11.5 Å². The van der Waals surface area contributed by atoms with Crippen molar-refractivity contribution in [2.45, 2.75) is 19.3 Å². The van der Waals surface area contributed by atoms with Crippen LogP contribution in [0.5, 0.6) is 11.5 Å². The van der Waals surface area contributed by atoms with Crippen molar-refractivity contribution >= 4 is 11.4 Å². The van der Waals surface area contributed by atoms with Crippen LogP contribution in [0.1, 0.15) is 24.8 Å². The quantitative estimate of drug-likeness (QED) is 0.803. The highest BCUT2D eigenvalue weighted by Gasteiger charge is 2.13. The zero-order valence-corrected chi connectivity index (χ0v) is 10.2. The third-order valence-electron chi connectivity index (χ3n) is 2.93. The van der Waals surface area contributed by atoms with Gasteiger partial charge in [-0.1, -0.05) is 0 Å². The molecular weight excluding hydrogens is 216 g/mol. The lowest BCUT2D eigenvalue weighted by Gasteiger charge is -2.14. The second kappa shape index (κ2) is 5.04. The molecule has 0 atom stereocenters. The summed E-state index contributed by atoms with van der Waals surface area (Å²) in [5.74, 6) is 1.70. The van der Waals surface area contributed by atoms with Gasteiger partial charge in [0, 0.05) is 12.5 Å². The Morgan fingerprint density at radius 1 is 1.00 bits per heavy atom. The molecule has 0 amide bonds. The summed E-state index contributed by atoms with van der Waals surface area (Å²) in [4.78, 5) is 11.4. The topological polar surface area (TPSA) is 35.5 Å². The van der Waals surface area contributed by atoms with E-state index in [0.717, 1.165) is 35.5 Å². The van der Waals surface area contributed by atoms with Gasteiger partial charge in [-0.2, -0.15) is 0 Å². The van der Waals surface area contributed by atoms with E-state index in [4.69, 9.17) is 9.47 Å². The molecule has 0 heterocycles. The largest absolute Gasteiger partial charge is 0.497 e. The fourth-order valence-electron chi connectivity index (χ4n) is 2.01. The van der Waals surface area contributed by atoms with E-state index in [1.54, 1.807) is 20.3 Å². The third-order valence-corrected chi connectivity index (χ3v) is 2.93. The van der Waals surface area contributed by atoms with Crippen LogP contribution in [0.2, 0.25) is 0 Å². The smallest absolute Gasteiger partial charge is 0.155 e. The number of ether oxygens (including phenoxy) is 2. The summed E-state index contributed by atoms with van der Waals surface area (Å²) in [5, 5.41) is 0. The molecule has 0 N–H and O–H groups in total. The number of carbonyl (C=O) groups is 1. The number of allylic oxidation sites excluding steroid dienone is 2. The van der Waals surface area contributed by atoms with Crippen molar-refractivity contribution in [3.63, 3.8) is 0 Å². The van der Waals surface area contributed by atoms with Gasteiger partial charge in [-0.05, 0) is 42.2 Å². The highest BCUT2D eigenvalue weighted by molar-refractivity contribution is 5.98.